The van der Waals surface area contributed by atoms with E-state index in [4.69, 9.17) is 0 Å². The van der Waals surface area contributed by atoms with Crippen LogP contribution in [0.15, 0.2) is 29.3 Å². The van der Waals surface area contributed by atoms with Gasteiger partial charge in [-0.3, -0.25) is 4.68 Å². The van der Waals surface area contributed by atoms with Gasteiger partial charge in [0.15, 0.2) is 11.6 Å². The van der Waals surface area contributed by atoms with E-state index >= 15 is 0 Å². The number of hydrogen-bond acceptors (Lipinski definition) is 7. The summed E-state index contributed by atoms with van der Waals surface area (Å²) in [4.78, 5) is 2.35. The van der Waals surface area contributed by atoms with Crippen LogP contribution in [-0.4, -0.2) is 68.7 Å². The van der Waals surface area contributed by atoms with Crippen molar-refractivity contribution < 1.29 is 8.42 Å². The van der Waals surface area contributed by atoms with Gasteiger partial charge in [-0.15, -0.1) is 10.2 Å². The summed E-state index contributed by atoms with van der Waals surface area (Å²) in [6.07, 6.45) is 1.84. The molecule has 4 heterocycles. The highest BCUT2D eigenvalue weighted by Crippen LogP contribution is 2.25. The van der Waals surface area contributed by atoms with Crippen molar-refractivity contribution in [1.29, 1.82) is 0 Å². The number of rotatable bonds is 4. The molecule has 0 bridgehead atoms. The largest absolute Gasteiger partial charge is 0.352 e. The summed E-state index contributed by atoms with van der Waals surface area (Å²) in [5, 5.41) is 17.1. The molecule has 1 saturated heterocycles. The second kappa shape index (κ2) is 7.23. The van der Waals surface area contributed by atoms with Crippen molar-refractivity contribution in [2.45, 2.75) is 25.7 Å². The van der Waals surface area contributed by atoms with E-state index in [0.29, 0.717) is 48.3 Å². The Hall–Kier alpha value is -2.79. The van der Waals surface area contributed by atoms with Crippen molar-refractivity contribution in [2.24, 2.45) is 7.05 Å². The minimum absolute atomic E-state index is 0.312. The molecule has 154 valence electrons. The fourth-order valence-corrected chi connectivity index (χ4v) is 5.39. The van der Waals surface area contributed by atoms with E-state index < -0.39 is 10.0 Å². The van der Waals surface area contributed by atoms with Gasteiger partial charge in [0.1, 0.15) is 4.90 Å². The van der Waals surface area contributed by atoms with Gasteiger partial charge in [-0.1, -0.05) is 0 Å². The van der Waals surface area contributed by atoms with Gasteiger partial charge in [-0.05, 0) is 39.0 Å². The SMILES string of the molecule is Cc1ccn(-c2ccc(N3CCN(S(=O)(=O)c4c(C)nn(C)c4C)CC3)nn2)n1. The molecule has 0 N–H and O–H groups in total. The zero-order valence-corrected chi connectivity index (χ0v) is 17.8. The van der Waals surface area contributed by atoms with Crippen LogP contribution in [0.2, 0.25) is 0 Å². The molecule has 0 aliphatic carbocycles. The highest BCUT2D eigenvalue weighted by Gasteiger charge is 2.33. The Labute approximate surface area is 169 Å². The summed E-state index contributed by atoms with van der Waals surface area (Å²) in [5.74, 6) is 1.37. The highest BCUT2D eigenvalue weighted by molar-refractivity contribution is 7.89. The van der Waals surface area contributed by atoms with Gasteiger partial charge in [-0.2, -0.15) is 14.5 Å². The number of sulfonamides is 1. The molecule has 1 aliphatic heterocycles. The Bertz CT molecular complexity index is 1130. The van der Waals surface area contributed by atoms with Crippen LogP contribution in [0.4, 0.5) is 5.82 Å². The highest BCUT2D eigenvalue weighted by atomic mass is 32.2. The fourth-order valence-electron chi connectivity index (χ4n) is 3.57. The molecular formula is C18H24N8O2S. The Morgan fingerprint density at radius 1 is 0.897 bits per heavy atom. The Morgan fingerprint density at radius 3 is 2.07 bits per heavy atom. The van der Waals surface area contributed by atoms with Crippen LogP contribution < -0.4 is 4.90 Å². The zero-order chi connectivity index (χ0) is 20.8. The number of nitrogens with zero attached hydrogens (tertiary/aromatic N) is 8. The number of piperazine rings is 1. The molecular weight excluding hydrogens is 392 g/mol. The van der Waals surface area contributed by atoms with Crippen LogP contribution in [0.1, 0.15) is 17.1 Å². The third-order valence-corrected chi connectivity index (χ3v) is 7.35. The molecule has 3 aromatic heterocycles. The number of hydrogen-bond donors (Lipinski definition) is 0. The molecule has 0 aromatic carbocycles. The van der Waals surface area contributed by atoms with E-state index in [1.165, 1.54) is 4.31 Å². The lowest BCUT2D eigenvalue weighted by Gasteiger charge is -2.34. The van der Waals surface area contributed by atoms with Crippen LogP contribution >= 0.6 is 0 Å². The lowest BCUT2D eigenvalue weighted by molar-refractivity contribution is 0.383. The van der Waals surface area contributed by atoms with Gasteiger partial charge in [0.05, 0.1) is 17.1 Å². The first-order valence-electron chi connectivity index (χ1n) is 9.39. The molecule has 1 fully saturated rings. The van der Waals surface area contributed by atoms with Crippen molar-refractivity contribution in [1.82, 2.24) is 34.1 Å². The predicted octanol–water partition coefficient (Wildman–Crippen LogP) is 0.832. The second-order valence-electron chi connectivity index (χ2n) is 7.17. The molecule has 0 saturated carbocycles. The summed E-state index contributed by atoms with van der Waals surface area (Å²) in [7, 11) is -1.82. The molecule has 11 heteroatoms. The summed E-state index contributed by atoms with van der Waals surface area (Å²) in [6.45, 7) is 7.30. The zero-order valence-electron chi connectivity index (χ0n) is 16.9. The molecule has 1 aliphatic rings. The monoisotopic (exact) mass is 416 g/mol. The fraction of sp³-hybridized carbons (Fsp3) is 0.444. The summed E-state index contributed by atoms with van der Waals surface area (Å²) < 4.78 is 31.0. The number of aromatic nitrogens is 6. The van der Waals surface area contributed by atoms with Crippen molar-refractivity contribution in [2.75, 3.05) is 31.1 Å². The Balaban J connectivity index is 1.46. The Morgan fingerprint density at radius 2 is 1.55 bits per heavy atom. The van der Waals surface area contributed by atoms with E-state index in [9.17, 15) is 8.42 Å². The number of aryl methyl sites for hydroxylation is 3. The molecule has 0 unspecified atom stereocenters. The van der Waals surface area contributed by atoms with Crippen molar-refractivity contribution in [3.8, 4) is 5.82 Å². The van der Waals surface area contributed by atoms with E-state index in [-0.39, 0.29) is 0 Å². The van der Waals surface area contributed by atoms with Gasteiger partial charge in [0.25, 0.3) is 0 Å². The maximum atomic E-state index is 13.1. The average Bonchev–Trinajstić information content (AvgIpc) is 3.25. The summed E-state index contributed by atoms with van der Waals surface area (Å²) >= 11 is 0. The van der Waals surface area contributed by atoms with Gasteiger partial charge in [0, 0.05) is 39.4 Å². The minimum atomic E-state index is -3.57. The van der Waals surface area contributed by atoms with E-state index in [0.717, 1.165) is 11.5 Å². The van der Waals surface area contributed by atoms with Gasteiger partial charge in [-0.25, -0.2) is 13.1 Å². The third-order valence-electron chi connectivity index (χ3n) is 5.20. The lowest BCUT2D eigenvalue weighted by atomic mass is 10.3. The van der Waals surface area contributed by atoms with Crippen LogP contribution in [-0.2, 0) is 17.1 Å². The average molecular weight is 417 g/mol. The molecule has 29 heavy (non-hydrogen) atoms. The van der Waals surface area contributed by atoms with Crippen LogP contribution in [0.5, 0.6) is 0 Å². The van der Waals surface area contributed by atoms with Crippen molar-refractivity contribution >= 4 is 15.8 Å². The standard InChI is InChI=1S/C18H24N8O2S/c1-13-7-8-26(21-13)17-6-5-16(19-20-17)24-9-11-25(12-10-24)29(27,28)18-14(2)22-23(4)15(18)3/h5-8H,9-12H2,1-4H3. The molecule has 0 amide bonds. The van der Waals surface area contributed by atoms with Gasteiger partial charge in [0.2, 0.25) is 10.0 Å². The quantitative estimate of drug-likeness (QED) is 0.621. The second-order valence-corrected chi connectivity index (χ2v) is 9.04. The normalized spacial score (nSPS) is 15.8. The maximum Gasteiger partial charge on any atom is 0.246 e. The molecule has 4 rings (SSSR count). The van der Waals surface area contributed by atoms with Gasteiger partial charge >= 0.3 is 0 Å². The van der Waals surface area contributed by atoms with Gasteiger partial charge < -0.3 is 4.90 Å². The van der Waals surface area contributed by atoms with Crippen LogP contribution in [0.3, 0.4) is 0 Å². The molecule has 3 aromatic rings. The predicted molar refractivity (Wildman–Crippen MR) is 108 cm³/mol. The minimum Gasteiger partial charge on any atom is -0.352 e. The summed E-state index contributed by atoms with van der Waals surface area (Å²) in [6, 6.07) is 5.65. The first-order chi connectivity index (χ1) is 13.8. The summed E-state index contributed by atoms with van der Waals surface area (Å²) in [5.41, 5.74) is 2.09. The third kappa shape index (κ3) is 3.51. The smallest absolute Gasteiger partial charge is 0.246 e. The molecule has 0 radical (unpaired) electrons. The molecule has 0 spiro atoms. The molecule has 0 atom stereocenters. The van der Waals surface area contributed by atoms with E-state index in [2.05, 4.69) is 20.4 Å². The first kappa shape index (κ1) is 19.5. The maximum absolute atomic E-state index is 13.1. The van der Waals surface area contributed by atoms with Crippen LogP contribution in [0.25, 0.3) is 5.82 Å². The van der Waals surface area contributed by atoms with E-state index in [1.54, 1.807) is 30.3 Å². The van der Waals surface area contributed by atoms with Crippen LogP contribution in [0, 0.1) is 20.8 Å². The number of anilines is 1. The topological polar surface area (TPSA) is 102 Å². The van der Waals surface area contributed by atoms with Crippen molar-refractivity contribution in [3.63, 3.8) is 0 Å². The Kier molecular flexibility index (Phi) is 4.87. The van der Waals surface area contributed by atoms with E-state index in [1.807, 2.05) is 36.2 Å². The molecule has 10 nitrogen and oxygen atoms in total. The lowest BCUT2D eigenvalue weighted by Crippen LogP contribution is -2.49. The van der Waals surface area contributed by atoms with Crippen molar-refractivity contribution in [3.05, 3.63) is 41.5 Å². The first-order valence-corrected chi connectivity index (χ1v) is 10.8.